The van der Waals surface area contributed by atoms with Gasteiger partial charge in [0.15, 0.2) is 17.7 Å². The van der Waals surface area contributed by atoms with Gasteiger partial charge in [-0.25, -0.2) is 14.0 Å². The molecule has 0 radical (unpaired) electrons. The van der Waals surface area contributed by atoms with Gasteiger partial charge in [0, 0.05) is 49.5 Å². The van der Waals surface area contributed by atoms with Gasteiger partial charge in [-0.1, -0.05) is 68.4 Å². The zero-order valence-corrected chi connectivity index (χ0v) is 40.3. The monoisotopic (exact) mass is 922 g/mol. The molecule has 6 rings (SSSR count). The van der Waals surface area contributed by atoms with Crippen molar-refractivity contribution in [1.82, 2.24) is 30.1 Å². The molecule has 364 valence electrons. The molecule has 16 nitrogen and oxygen atoms in total. The Balaban J connectivity index is 1.34. The fraction of sp³-hybridized carbons (Fsp3) is 0.653. The summed E-state index contributed by atoms with van der Waals surface area (Å²) < 4.78 is 50.4. The lowest BCUT2D eigenvalue weighted by molar-refractivity contribution is -0.295. The van der Waals surface area contributed by atoms with Crippen LogP contribution >= 0.6 is 0 Å². The number of carbonyl (C=O) groups excluding carboxylic acids is 3. The summed E-state index contributed by atoms with van der Waals surface area (Å²) in [5.74, 6) is -3.94. The summed E-state index contributed by atoms with van der Waals surface area (Å²) in [6.45, 7) is 12.9. The number of alkyl halides is 1. The van der Waals surface area contributed by atoms with Gasteiger partial charge in [-0.3, -0.25) is 14.4 Å². The van der Waals surface area contributed by atoms with Gasteiger partial charge in [-0.05, 0) is 110 Å². The van der Waals surface area contributed by atoms with E-state index >= 15 is 4.39 Å². The predicted octanol–water partition coefficient (Wildman–Crippen LogP) is 5.60. The van der Waals surface area contributed by atoms with E-state index in [4.69, 9.17) is 29.4 Å². The van der Waals surface area contributed by atoms with E-state index in [0.717, 1.165) is 18.1 Å². The zero-order valence-electron chi connectivity index (χ0n) is 40.3. The number of rotatable bonds is 13. The Kier molecular flexibility index (Phi) is 16.3. The van der Waals surface area contributed by atoms with Crippen molar-refractivity contribution in [3.63, 3.8) is 0 Å². The van der Waals surface area contributed by atoms with Crippen LogP contribution in [0, 0.1) is 11.8 Å². The van der Waals surface area contributed by atoms with Crippen molar-refractivity contribution in [2.24, 2.45) is 11.8 Å². The average molecular weight is 922 g/mol. The first-order valence-corrected chi connectivity index (χ1v) is 23.4. The number of amides is 1. The van der Waals surface area contributed by atoms with Gasteiger partial charge in [0.2, 0.25) is 0 Å². The Labute approximate surface area is 389 Å². The average Bonchev–Trinajstić information content (AvgIpc) is 3.86. The minimum absolute atomic E-state index is 0.144. The highest BCUT2D eigenvalue weighted by molar-refractivity contribution is 6.07. The molecule has 66 heavy (non-hydrogen) atoms. The minimum Gasteiger partial charge on any atom is -0.455 e. The number of cyclic esters (lactones) is 1. The van der Waals surface area contributed by atoms with E-state index in [1.807, 2.05) is 93.6 Å². The lowest BCUT2D eigenvalue weighted by Crippen LogP contribution is -2.62. The molecule has 3 aliphatic heterocycles. The summed E-state index contributed by atoms with van der Waals surface area (Å²) in [6, 6.07) is 15.8. The number of fused-ring (bicyclic) bond motifs is 1. The molecule has 13 atom stereocenters. The molecular formula is C49H72FN7O9. The molecule has 0 spiro atoms. The topological polar surface area (TPSA) is 193 Å². The molecule has 0 aliphatic carbocycles. The number of aryl methyl sites for hydroxylation is 1. The maximum atomic E-state index is 17.3. The van der Waals surface area contributed by atoms with Gasteiger partial charge < -0.3 is 44.7 Å². The van der Waals surface area contributed by atoms with Crippen LogP contribution in [-0.2, 0) is 46.2 Å². The summed E-state index contributed by atoms with van der Waals surface area (Å²) in [7, 11) is 5.22. The number of benzene rings is 2. The molecule has 4 heterocycles. The van der Waals surface area contributed by atoms with E-state index < -0.39 is 77.3 Å². The number of methoxy groups -OCH3 is 1. The van der Waals surface area contributed by atoms with Crippen LogP contribution < -0.4 is 11.1 Å². The number of esters is 1. The van der Waals surface area contributed by atoms with Crippen LogP contribution in [0.1, 0.15) is 86.1 Å². The van der Waals surface area contributed by atoms with Crippen LogP contribution in [-0.4, -0.2) is 148 Å². The van der Waals surface area contributed by atoms with Crippen molar-refractivity contribution in [3.05, 3.63) is 66.4 Å². The van der Waals surface area contributed by atoms with Crippen molar-refractivity contribution in [1.29, 1.82) is 0 Å². The SMILES string of the molecule is CC[C@@H]1OC(=O)C(C)(F)C(=O)[C@H](C)[C@@H](O[C@@H]2O[C@H](C)CC(N(C)C)C2O)[C@](C)(OC)C[C@@H](C)CN[C@H](Cc2ccccc2)[C@H]2N(CCCCn3cc(-c4cccc(N)c4)nn3)C(=O)O[C@]12C. The Bertz CT molecular complexity index is 2110. The maximum Gasteiger partial charge on any atom is 0.410 e. The number of hydrogen-bond donors (Lipinski definition) is 3. The number of carbonyl (C=O) groups is 3. The number of ether oxygens (including phenoxy) is 5. The number of aliphatic hydroxyl groups excluding tert-OH is 1. The first-order chi connectivity index (χ1) is 31.2. The number of unbranched alkanes of at least 4 members (excludes halogenated alkanes) is 1. The van der Waals surface area contributed by atoms with Gasteiger partial charge in [-0.2, -0.15) is 0 Å². The Morgan fingerprint density at radius 3 is 2.41 bits per heavy atom. The standard InChI is InChI=1S/C49H72FN7O9/c1-11-39-49(7)41(57(46(61)66-49)23-16-15-22-56-29-37(53-54-56)34-20-17-21-35(51)26-34)36(25-33-18-13-12-14-19-33)52-28-30(2)27-47(5,62-10)43(32(4)42(59)48(6,50)45(60)64-39)65-44-40(58)38(55(8)9)24-31(3)63-44/h12-14,17-21,26,29-32,36,38-41,43-44,52,58H,11,15-16,22-25,27-28,51H2,1-10H3/t30-,31-,32+,36-,38?,39+,40?,41-,43-,44+,47-,48?,49-/m1/s1. The van der Waals surface area contributed by atoms with E-state index in [9.17, 15) is 19.5 Å². The molecule has 0 saturated carbocycles. The van der Waals surface area contributed by atoms with Crippen LogP contribution in [0.5, 0.6) is 0 Å². The Morgan fingerprint density at radius 2 is 1.74 bits per heavy atom. The number of Topliss-reactive ketones (excluding diaryl/α,β-unsaturated/α-hetero) is 1. The van der Waals surface area contributed by atoms with Gasteiger partial charge >= 0.3 is 12.1 Å². The summed E-state index contributed by atoms with van der Waals surface area (Å²) in [4.78, 5) is 46.6. The molecule has 3 aromatic rings. The van der Waals surface area contributed by atoms with Crippen LogP contribution in [0.4, 0.5) is 14.9 Å². The third kappa shape index (κ3) is 11.1. The third-order valence-corrected chi connectivity index (χ3v) is 14.0. The predicted molar refractivity (Wildman–Crippen MR) is 247 cm³/mol. The Morgan fingerprint density at radius 1 is 1.03 bits per heavy atom. The van der Waals surface area contributed by atoms with Crippen LogP contribution in [0.3, 0.4) is 0 Å². The summed E-state index contributed by atoms with van der Waals surface area (Å²) in [5, 5.41) is 24.0. The minimum atomic E-state index is -3.16. The highest BCUT2D eigenvalue weighted by atomic mass is 19.1. The number of anilines is 1. The number of aliphatic hydroxyl groups is 1. The van der Waals surface area contributed by atoms with E-state index in [0.29, 0.717) is 63.1 Å². The summed E-state index contributed by atoms with van der Waals surface area (Å²) in [5.41, 5.74) is 3.26. The zero-order chi connectivity index (χ0) is 48.1. The molecule has 3 fully saturated rings. The van der Waals surface area contributed by atoms with Crippen molar-refractivity contribution in [3.8, 4) is 11.3 Å². The second kappa shape index (κ2) is 21.2. The first-order valence-electron chi connectivity index (χ1n) is 23.4. The van der Waals surface area contributed by atoms with E-state index in [2.05, 4.69) is 15.6 Å². The second-order valence-corrected chi connectivity index (χ2v) is 19.5. The lowest BCUT2D eigenvalue weighted by Gasteiger charge is -2.47. The summed E-state index contributed by atoms with van der Waals surface area (Å²) in [6.07, 6.45) is -1.01. The van der Waals surface area contributed by atoms with Crippen molar-refractivity contribution >= 4 is 23.5 Å². The van der Waals surface area contributed by atoms with Crippen molar-refractivity contribution in [2.75, 3.05) is 40.0 Å². The molecular weight excluding hydrogens is 850 g/mol. The fourth-order valence-corrected chi connectivity index (χ4v) is 10.3. The molecule has 3 aliphatic rings. The molecule has 17 heteroatoms. The molecule has 3 saturated heterocycles. The number of nitrogens with one attached hydrogen (secondary N) is 1. The smallest absolute Gasteiger partial charge is 0.410 e. The molecule has 2 aromatic carbocycles. The van der Waals surface area contributed by atoms with E-state index in [-0.39, 0.29) is 24.5 Å². The lowest BCUT2D eigenvalue weighted by atomic mass is 9.78. The van der Waals surface area contributed by atoms with E-state index in [1.165, 1.54) is 14.0 Å². The van der Waals surface area contributed by atoms with Gasteiger partial charge in [-0.15, -0.1) is 5.10 Å². The molecule has 4 N–H and O–H groups in total. The largest absolute Gasteiger partial charge is 0.455 e. The van der Waals surface area contributed by atoms with Gasteiger partial charge in [0.25, 0.3) is 5.67 Å². The number of halogens is 1. The number of nitrogens with two attached hydrogens (primary N) is 1. The van der Waals surface area contributed by atoms with Gasteiger partial charge in [0.1, 0.15) is 17.9 Å². The number of likely N-dealkylation sites (N-methyl/N-ethyl adjacent to an activating group) is 1. The number of nitrogens with zero attached hydrogens (tertiary/aromatic N) is 5. The number of hydrogen-bond acceptors (Lipinski definition) is 14. The Hall–Kier alpha value is -4.52. The van der Waals surface area contributed by atoms with Crippen molar-refractivity contribution in [2.45, 2.75) is 159 Å². The number of nitrogen functional groups attached to an aromatic ring is 1. The molecule has 0 bridgehead atoms. The first kappa shape index (κ1) is 50.9. The second-order valence-electron chi connectivity index (χ2n) is 19.5. The number of aromatic nitrogens is 3. The maximum absolute atomic E-state index is 17.3. The fourth-order valence-electron chi connectivity index (χ4n) is 10.3. The third-order valence-electron chi connectivity index (χ3n) is 14.0. The van der Waals surface area contributed by atoms with Crippen LogP contribution in [0.25, 0.3) is 11.3 Å². The van der Waals surface area contributed by atoms with Crippen LogP contribution in [0.15, 0.2) is 60.8 Å². The van der Waals surface area contributed by atoms with E-state index in [1.54, 1.807) is 30.4 Å². The van der Waals surface area contributed by atoms with Gasteiger partial charge in [0.05, 0.1) is 30.0 Å². The highest BCUT2D eigenvalue weighted by Crippen LogP contribution is 2.41. The van der Waals surface area contributed by atoms with Crippen molar-refractivity contribution < 1.29 is 47.6 Å². The molecule has 3 unspecified atom stereocenters. The molecule has 1 aromatic heterocycles. The van der Waals surface area contributed by atoms with Crippen LogP contribution in [0.2, 0.25) is 0 Å². The molecule has 1 amide bonds. The quantitative estimate of drug-likeness (QED) is 0.0831. The normalized spacial score (nSPS) is 34.9. The highest BCUT2D eigenvalue weighted by Gasteiger charge is 2.61. The summed E-state index contributed by atoms with van der Waals surface area (Å²) >= 11 is 0. The number of ketones is 1.